The number of imidazole rings is 1. The highest BCUT2D eigenvalue weighted by Crippen LogP contribution is 2.24. The fourth-order valence-corrected chi connectivity index (χ4v) is 4.01. The molecule has 31 heavy (non-hydrogen) atoms. The molecule has 0 atom stereocenters. The maximum Gasteiger partial charge on any atom is 0.274 e. The molecule has 0 radical (unpaired) electrons. The van der Waals surface area contributed by atoms with E-state index < -0.39 is 0 Å². The van der Waals surface area contributed by atoms with Gasteiger partial charge in [-0.2, -0.15) is 0 Å². The molecule has 0 saturated carbocycles. The summed E-state index contributed by atoms with van der Waals surface area (Å²) >= 11 is 0. The second kappa shape index (κ2) is 8.18. The lowest BCUT2D eigenvalue weighted by atomic mass is 10.1. The molecule has 156 valence electrons. The predicted octanol–water partition coefficient (Wildman–Crippen LogP) is 4.34. The SMILES string of the molecule is Cc1cccn2cc(-c3cccc(NC(=O)c4cc(N5CCCCC5)ncn4)c3)nc12. The fourth-order valence-electron chi connectivity index (χ4n) is 4.01. The molecule has 0 bridgehead atoms. The van der Waals surface area contributed by atoms with Crippen LogP contribution in [0.1, 0.15) is 35.3 Å². The highest BCUT2D eigenvalue weighted by molar-refractivity contribution is 6.03. The molecular formula is C24H24N6O. The zero-order chi connectivity index (χ0) is 21.2. The molecule has 1 saturated heterocycles. The normalized spacial score (nSPS) is 14.0. The van der Waals surface area contributed by atoms with Crippen molar-refractivity contribution in [1.82, 2.24) is 19.4 Å². The number of pyridine rings is 1. The van der Waals surface area contributed by atoms with Crippen molar-refractivity contribution in [3.8, 4) is 11.3 Å². The second-order valence-electron chi connectivity index (χ2n) is 7.89. The summed E-state index contributed by atoms with van der Waals surface area (Å²) in [7, 11) is 0. The van der Waals surface area contributed by atoms with Gasteiger partial charge >= 0.3 is 0 Å². The van der Waals surface area contributed by atoms with E-state index in [9.17, 15) is 4.79 Å². The number of piperidine rings is 1. The van der Waals surface area contributed by atoms with Crippen LogP contribution in [-0.4, -0.2) is 38.3 Å². The lowest BCUT2D eigenvalue weighted by molar-refractivity contribution is 0.102. The van der Waals surface area contributed by atoms with E-state index in [4.69, 9.17) is 4.98 Å². The lowest BCUT2D eigenvalue weighted by Gasteiger charge is -2.27. The van der Waals surface area contributed by atoms with Gasteiger partial charge in [0.05, 0.1) is 5.69 Å². The Kier molecular flexibility index (Phi) is 5.08. The van der Waals surface area contributed by atoms with Gasteiger partial charge in [0.25, 0.3) is 5.91 Å². The van der Waals surface area contributed by atoms with Gasteiger partial charge in [0, 0.05) is 42.8 Å². The first-order valence-electron chi connectivity index (χ1n) is 10.6. The van der Waals surface area contributed by atoms with E-state index in [1.54, 1.807) is 6.07 Å². The highest BCUT2D eigenvalue weighted by atomic mass is 16.1. The number of aromatic nitrogens is 4. The number of amides is 1. The molecule has 0 spiro atoms. The molecule has 1 N–H and O–H groups in total. The molecule has 7 nitrogen and oxygen atoms in total. The molecule has 4 heterocycles. The zero-order valence-electron chi connectivity index (χ0n) is 17.5. The standard InChI is InChI=1S/C24H24N6O/c1-17-7-6-12-30-15-21(28-23(17)30)18-8-5-9-19(13-18)27-24(31)20-14-22(26-16-25-20)29-10-3-2-4-11-29/h5-9,12-16H,2-4,10-11H2,1H3,(H,27,31). The Labute approximate surface area is 180 Å². The number of nitrogens with zero attached hydrogens (tertiary/aromatic N) is 5. The van der Waals surface area contributed by atoms with E-state index in [1.807, 2.05) is 60.1 Å². The van der Waals surface area contributed by atoms with Crippen LogP contribution in [0.15, 0.2) is 61.2 Å². The Bertz CT molecular complexity index is 1240. The van der Waals surface area contributed by atoms with Gasteiger partial charge in [0.1, 0.15) is 23.5 Å². The van der Waals surface area contributed by atoms with Gasteiger partial charge in [-0.25, -0.2) is 15.0 Å². The lowest BCUT2D eigenvalue weighted by Crippen LogP contribution is -2.30. The molecule has 1 aliphatic heterocycles. The summed E-state index contributed by atoms with van der Waals surface area (Å²) in [6.45, 7) is 3.99. The van der Waals surface area contributed by atoms with E-state index in [0.717, 1.165) is 54.2 Å². The minimum absolute atomic E-state index is 0.247. The summed E-state index contributed by atoms with van der Waals surface area (Å²) in [4.78, 5) is 28.3. The smallest absolute Gasteiger partial charge is 0.274 e. The third-order valence-corrected chi connectivity index (χ3v) is 5.66. The Morgan fingerprint density at radius 3 is 2.74 bits per heavy atom. The summed E-state index contributed by atoms with van der Waals surface area (Å²) < 4.78 is 2.01. The average Bonchev–Trinajstić information content (AvgIpc) is 3.26. The first-order valence-corrected chi connectivity index (χ1v) is 10.6. The number of carbonyl (C=O) groups excluding carboxylic acids is 1. The summed E-state index contributed by atoms with van der Waals surface area (Å²) in [6, 6.07) is 13.5. The van der Waals surface area contributed by atoms with E-state index in [-0.39, 0.29) is 5.91 Å². The number of anilines is 2. The number of hydrogen-bond acceptors (Lipinski definition) is 5. The Morgan fingerprint density at radius 2 is 1.90 bits per heavy atom. The van der Waals surface area contributed by atoms with E-state index in [0.29, 0.717) is 11.4 Å². The van der Waals surface area contributed by atoms with Gasteiger partial charge in [-0.1, -0.05) is 18.2 Å². The van der Waals surface area contributed by atoms with Gasteiger partial charge in [0.2, 0.25) is 0 Å². The quantitative estimate of drug-likeness (QED) is 0.540. The summed E-state index contributed by atoms with van der Waals surface area (Å²) in [5, 5.41) is 2.96. The van der Waals surface area contributed by atoms with Gasteiger partial charge in [-0.05, 0) is 49.9 Å². The number of benzene rings is 1. The monoisotopic (exact) mass is 412 g/mol. The maximum absolute atomic E-state index is 12.8. The molecule has 1 amide bonds. The van der Waals surface area contributed by atoms with Gasteiger partial charge < -0.3 is 14.6 Å². The van der Waals surface area contributed by atoms with Crippen molar-refractivity contribution in [2.45, 2.75) is 26.2 Å². The van der Waals surface area contributed by atoms with E-state index in [2.05, 4.69) is 20.2 Å². The minimum Gasteiger partial charge on any atom is -0.357 e. The summed E-state index contributed by atoms with van der Waals surface area (Å²) in [5.74, 6) is 0.567. The molecule has 1 aromatic carbocycles. The Hall–Kier alpha value is -3.74. The first-order chi connectivity index (χ1) is 15.2. The molecule has 1 fully saturated rings. The van der Waals surface area contributed by atoms with Crippen molar-refractivity contribution in [2.75, 3.05) is 23.3 Å². The van der Waals surface area contributed by atoms with Crippen LogP contribution in [0.4, 0.5) is 11.5 Å². The van der Waals surface area contributed by atoms with Crippen LogP contribution in [0.5, 0.6) is 0 Å². The molecule has 0 unspecified atom stereocenters. The van der Waals surface area contributed by atoms with Crippen molar-refractivity contribution in [3.63, 3.8) is 0 Å². The minimum atomic E-state index is -0.247. The van der Waals surface area contributed by atoms with Crippen LogP contribution >= 0.6 is 0 Å². The van der Waals surface area contributed by atoms with Crippen molar-refractivity contribution < 1.29 is 4.79 Å². The van der Waals surface area contributed by atoms with Gasteiger partial charge in [0.15, 0.2) is 0 Å². The largest absolute Gasteiger partial charge is 0.357 e. The third kappa shape index (κ3) is 3.99. The van der Waals surface area contributed by atoms with Crippen molar-refractivity contribution in [1.29, 1.82) is 0 Å². The number of nitrogens with one attached hydrogen (secondary N) is 1. The predicted molar refractivity (Wildman–Crippen MR) is 121 cm³/mol. The summed E-state index contributed by atoms with van der Waals surface area (Å²) in [5.41, 5.74) is 4.92. The van der Waals surface area contributed by atoms with Crippen LogP contribution < -0.4 is 10.2 Å². The van der Waals surface area contributed by atoms with Crippen LogP contribution in [0, 0.1) is 6.92 Å². The number of carbonyl (C=O) groups is 1. The molecule has 7 heteroatoms. The number of fused-ring (bicyclic) bond motifs is 1. The first kappa shape index (κ1) is 19.2. The second-order valence-corrected chi connectivity index (χ2v) is 7.89. The molecule has 1 aliphatic rings. The maximum atomic E-state index is 12.8. The van der Waals surface area contributed by atoms with Gasteiger partial charge in [-0.15, -0.1) is 0 Å². The van der Waals surface area contributed by atoms with E-state index in [1.165, 1.54) is 12.7 Å². The molecular weight excluding hydrogens is 388 g/mol. The fraction of sp³-hybridized carbons (Fsp3) is 0.250. The molecule has 0 aliphatic carbocycles. The van der Waals surface area contributed by atoms with Crippen molar-refractivity contribution in [2.24, 2.45) is 0 Å². The van der Waals surface area contributed by atoms with Crippen LogP contribution in [0.2, 0.25) is 0 Å². The molecule has 3 aromatic heterocycles. The van der Waals surface area contributed by atoms with Crippen LogP contribution in [-0.2, 0) is 0 Å². The Balaban J connectivity index is 1.37. The third-order valence-electron chi connectivity index (χ3n) is 5.66. The topological polar surface area (TPSA) is 75.4 Å². The molecule has 4 aromatic rings. The Morgan fingerprint density at radius 1 is 1.03 bits per heavy atom. The van der Waals surface area contributed by atoms with Gasteiger partial charge in [-0.3, -0.25) is 4.79 Å². The van der Waals surface area contributed by atoms with Crippen LogP contribution in [0.3, 0.4) is 0 Å². The molecule has 5 rings (SSSR count). The van der Waals surface area contributed by atoms with Crippen LogP contribution in [0.25, 0.3) is 16.9 Å². The number of aryl methyl sites for hydroxylation is 1. The zero-order valence-corrected chi connectivity index (χ0v) is 17.5. The number of hydrogen-bond donors (Lipinski definition) is 1. The van der Waals surface area contributed by atoms with Crippen molar-refractivity contribution >= 4 is 23.1 Å². The number of rotatable bonds is 4. The highest BCUT2D eigenvalue weighted by Gasteiger charge is 2.16. The average molecular weight is 412 g/mol. The summed E-state index contributed by atoms with van der Waals surface area (Å²) in [6.07, 6.45) is 9.01. The van der Waals surface area contributed by atoms with E-state index >= 15 is 0 Å². The van der Waals surface area contributed by atoms with Crippen molar-refractivity contribution in [3.05, 3.63) is 72.4 Å².